The summed E-state index contributed by atoms with van der Waals surface area (Å²) in [5.41, 5.74) is -0.432. The average Bonchev–Trinajstić information content (AvgIpc) is 2.24. The van der Waals surface area contributed by atoms with Gasteiger partial charge in [-0.3, -0.25) is 9.59 Å². The Hall–Kier alpha value is -0.835. The molecule has 0 spiro atoms. The molecule has 1 N–H and O–H groups in total. The van der Waals surface area contributed by atoms with Crippen LogP contribution in [0.2, 0.25) is 6.32 Å². The number of rotatable bonds is 7. The Morgan fingerprint density at radius 2 is 1.83 bits per heavy atom. The minimum Gasteiger partial charge on any atom is -0.335 e. The van der Waals surface area contributed by atoms with Crippen LogP contribution in [0.1, 0.15) is 34.6 Å². The van der Waals surface area contributed by atoms with Gasteiger partial charge >= 0.3 is 0 Å². The third-order valence-corrected chi connectivity index (χ3v) is 2.63. The van der Waals surface area contributed by atoms with Crippen LogP contribution in [0.25, 0.3) is 0 Å². The predicted molar refractivity (Wildman–Crippen MR) is 74.7 cm³/mol. The highest BCUT2D eigenvalue weighted by atomic mass is 16.2. The van der Waals surface area contributed by atoms with E-state index in [2.05, 4.69) is 5.32 Å². The maximum absolute atomic E-state index is 11.9. The number of ketones is 1. The molecular formula is C13H25BN2O2. The molecule has 5 heteroatoms. The van der Waals surface area contributed by atoms with Crippen molar-refractivity contribution in [3.63, 3.8) is 0 Å². The maximum atomic E-state index is 11.9. The molecule has 1 amide bonds. The highest BCUT2D eigenvalue weighted by molar-refractivity contribution is 6.19. The van der Waals surface area contributed by atoms with Crippen LogP contribution in [-0.4, -0.2) is 50.1 Å². The zero-order valence-electron chi connectivity index (χ0n) is 12.2. The predicted octanol–water partition coefficient (Wildman–Crippen LogP) is 1.01. The van der Waals surface area contributed by atoms with E-state index in [1.807, 2.05) is 34.6 Å². The van der Waals surface area contributed by atoms with Gasteiger partial charge in [0, 0.05) is 24.5 Å². The molecule has 18 heavy (non-hydrogen) atoms. The molecule has 0 aliphatic rings. The monoisotopic (exact) mass is 252 g/mol. The van der Waals surface area contributed by atoms with Crippen LogP contribution in [0.3, 0.4) is 0 Å². The normalized spacial score (nSPS) is 11.7. The van der Waals surface area contributed by atoms with Gasteiger partial charge < -0.3 is 10.2 Å². The summed E-state index contributed by atoms with van der Waals surface area (Å²) in [6.45, 7) is 11.0. The molecule has 0 rings (SSSR count). The Balaban J connectivity index is 4.42. The number of carbonyl (C=O) groups is 2. The van der Waals surface area contributed by atoms with Crippen LogP contribution in [0.4, 0.5) is 0 Å². The number of hydrogen-bond acceptors (Lipinski definition) is 3. The number of nitrogens with one attached hydrogen (secondary N) is 1. The first kappa shape index (κ1) is 17.2. The Kier molecular flexibility index (Phi) is 7.22. The zero-order valence-corrected chi connectivity index (χ0v) is 12.2. The number of carbonyl (C=O) groups excluding carboxylic acids is 2. The highest BCUT2D eigenvalue weighted by Gasteiger charge is 2.24. The number of nitrogens with zero attached hydrogens (tertiary/aromatic N) is 1. The molecule has 0 aromatic rings. The summed E-state index contributed by atoms with van der Waals surface area (Å²) in [5.74, 6) is -0.132. The maximum Gasteiger partial charge on any atom is 0.214 e. The quantitative estimate of drug-likeness (QED) is 0.688. The second kappa shape index (κ2) is 7.57. The largest absolute Gasteiger partial charge is 0.335 e. The Labute approximate surface area is 112 Å². The van der Waals surface area contributed by atoms with Gasteiger partial charge in [0.2, 0.25) is 5.91 Å². The lowest BCUT2D eigenvalue weighted by molar-refractivity contribution is -0.136. The molecule has 0 atom stereocenters. The minimum absolute atomic E-state index is 0.0499. The van der Waals surface area contributed by atoms with Gasteiger partial charge in [-0.2, -0.15) is 0 Å². The molecule has 0 aliphatic heterocycles. The van der Waals surface area contributed by atoms with E-state index in [1.165, 1.54) is 4.90 Å². The van der Waals surface area contributed by atoms with E-state index < -0.39 is 5.41 Å². The van der Waals surface area contributed by atoms with Crippen molar-refractivity contribution >= 4 is 19.5 Å². The zero-order chi connectivity index (χ0) is 14.3. The lowest BCUT2D eigenvalue weighted by Gasteiger charge is -2.26. The molecule has 0 saturated carbocycles. The molecule has 0 bridgehead atoms. The average molecular weight is 252 g/mol. The van der Waals surface area contributed by atoms with Gasteiger partial charge in [-0.15, -0.1) is 0 Å². The minimum atomic E-state index is -0.432. The molecule has 0 aromatic carbocycles. The van der Waals surface area contributed by atoms with Crippen LogP contribution in [0.5, 0.6) is 0 Å². The summed E-state index contributed by atoms with van der Waals surface area (Å²) in [7, 11) is 5.37. The molecule has 0 aromatic heterocycles. The van der Waals surface area contributed by atoms with Crippen molar-refractivity contribution in [2.75, 3.05) is 19.6 Å². The standard InChI is InChI=1S/C13H25BN2O2/c1-10(2)15-6-7-16(12(18)8-14)9-11(17)13(3,4)5/h10,15H,6-9H2,1-5H3. The number of amides is 1. The van der Waals surface area contributed by atoms with E-state index in [4.69, 9.17) is 7.85 Å². The SMILES string of the molecule is [B]CC(=O)N(CCNC(C)C)CC(=O)C(C)(C)C. The summed E-state index contributed by atoms with van der Waals surface area (Å²) < 4.78 is 0. The van der Waals surface area contributed by atoms with Crippen LogP contribution in [-0.2, 0) is 9.59 Å². The Bertz CT molecular complexity index is 285. The first-order valence-electron chi connectivity index (χ1n) is 6.43. The second-order valence-electron chi connectivity index (χ2n) is 5.80. The fourth-order valence-electron chi connectivity index (χ4n) is 1.32. The van der Waals surface area contributed by atoms with E-state index in [0.29, 0.717) is 19.1 Å². The van der Waals surface area contributed by atoms with E-state index in [1.54, 1.807) is 0 Å². The smallest absolute Gasteiger partial charge is 0.214 e. The van der Waals surface area contributed by atoms with E-state index in [9.17, 15) is 9.59 Å². The van der Waals surface area contributed by atoms with Gasteiger partial charge in [-0.1, -0.05) is 34.6 Å². The summed E-state index contributed by atoms with van der Waals surface area (Å²) in [6, 6.07) is 0.359. The van der Waals surface area contributed by atoms with Gasteiger partial charge in [-0.25, -0.2) is 0 Å². The van der Waals surface area contributed by atoms with Crippen molar-refractivity contribution in [2.45, 2.75) is 47.0 Å². The third-order valence-electron chi connectivity index (χ3n) is 2.63. The number of hydrogen-bond donors (Lipinski definition) is 1. The molecule has 4 nitrogen and oxygen atoms in total. The highest BCUT2D eigenvalue weighted by Crippen LogP contribution is 2.15. The lowest BCUT2D eigenvalue weighted by Crippen LogP contribution is -2.43. The fraction of sp³-hybridized carbons (Fsp3) is 0.846. The van der Waals surface area contributed by atoms with Crippen molar-refractivity contribution in [3.05, 3.63) is 0 Å². The first-order chi connectivity index (χ1) is 8.18. The van der Waals surface area contributed by atoms with Crippen LogP contribution in [0.15, 0.2) is 0 Å². The molecule has 0 saturated heterocycles. The molecular weight excluding hydrogens is 227 g/mol. The second-order valence-corrected chi connectivity index (χ2v) is 5.80. The van der Waals surface area contributed by atoms with Gasteiger partial charge in [0.05, 0.1) is 14.4 Å². The molecule has 0 aliphatic carbocycles. The van der Waals surface area contributed by atoms with Crippen LogP contribution < -0.4 is 5.32 Å². The van der Waals surface area contributed by atoms with Crippen molar-refractivity contribution < 1.29 is 9.59 Å². The van der Waals surface area contributed by atoms with E-state index >= 15 is 0 Å². The summed E-state index contributed by atoms with van der Waals surface area (Å²) in [4.78, 5) is 25.1. The van der Waals surface area contributed by atoms with Gasteiger partial charge in [0.25, 0.3) is 0 Å². The summed E-state index contributed by atoms with van der Waals surface area (Å²) in [6.07, 6.45) is -0.0564. The Morgan fingerprint density at radius 3 is 2.22 bits per heavy atom. The Morgan fingerprint density at radius 1 is 1.28 bits per heavy atom. The van der Waals surface area contributed by atoms with Crippen molar-refractivity contribution in [1.82, 2.24) is 10.2 Å². The van der Waals surface area contributed by atoms with Gasteiger partial charge in [0.15, 0.2) is 5.78 Å². The third kappa shape index (κ3) is 6.79. The van der Waals surface area contributed by atoms with Crippen molar-refractivity contribution in [1.29, 1.82) is 0 Å². The molecule has 0 fully saturated rings. The topological polar surface area (TPSA) is 49.4 Å². The fourth-order valence-corrected chi connectivity index (χ4v) is 1.32. The van der Waals surface area contributed by atoms with Gasteiger partial charge in [-0.05, 0) is 6.32 Å². The van der Waals surface area contributed by atoms with E-state index in [0.717, 1.165) is 0 Å². The van der Waals surface area contributed by atoms with Crippen LogP contribution in [0, 0.1) is 5.41 Å². The first-order valence-corrected chi connectivity index (χ1v) is 6.43. The summed E-state index contributed by atoms with van der Waals surface area (Å²) in [5, 5.41) is 3.22. The molecule has 0 unspecified atom stereocenters. The molecule has 2 radical (unpaired) electrons. The van der Waals surface area contributed by atoms with Crippen molar-refractivity contribution in [2.24, 2.45) is 5.41 Å². The molecule has 0 heterocycles. The van der Waals surface area contributed by atoms with Crippen LogP contribution >= 0.6 is 0 Å². The number of Topliss-reactive ketones (excluding diaryl/α,β-unsaturated/α-hetero) is 1. The van der Waals surface area contributed by atoms with Gasteiger partial charge in [0.1, 0.15) is 0 Å². The summed E-state index contributed by atoms with van der Waals surface area (Å²) >= 11 is 0. The lowest BCUT2D eigenvalue weighted by atomic mass is 9.90. The van der Waals surface area contributed by atoms with Crippen molar-refractivity contribution in [3.8, 4) is 0 Å². The molecule has 102 valence electrons. The van der Waals surface area contributed by atoms with E-state index in [-0.39, 0.29) is 24.6 Å².